The normalized spacial score (nSPS) is 15.3. The van der Waals surface area contributed by atoms with Crippen molar-refractivity contribution in [3.63, 3.8) is 0 Å². The molecule has 0 spiro atoms. The minimum atomic E-state index is -0.302. The highest BCUT2D eigenvalue weighted by molar-refractivity contribution is 14.1. The van der Waals surface area contributed by atoms with E-state index in [0.717, 1.165) is 41.5 Å². The summed E-state index contributed by atoms with van der Waals surface area (Å²) in [5, 5.41) is -0.285. The molecule has 2 aromatic carbocycles. The van der Waals surface area contributed by atoms with E-state index in [4.69, 9.17) is 9.47 Å². The fourth-order valence-corrected chi connectivity index (χ4v) is 5.68. The smallest absolute Gasteiger partial charge is 0.293 e. The van der Waals surface area contributed by atoms with E-state index in [0.29, 0.717) is 11.5 Å². The van der Waals surface area contributed by atoms with Gasteiger partial charge in [0.25, 0.3) is 11.1 Å². The molecule has 0 unspecified atom stereocenters. The topological polar surface area (TPSA) is 55.8 Å². The van der Waals surface area contributed by atoms with Gasteiger partial charge in [-0.3, -0.25) is 14.5 Å². The zero-order valence-electron chi connectivity index (χ0n) is 15.9. The van der Waals surface area contributed by atoms with Crippen molar-refractivity contribution in [3.05, 3.63) is 59.6 Å². The molecular formula is C21H19I2NO4S. The van der Waals surface area contributed by atoms with Crippen LogP contribution >= 0.6 is 56.9 Å². The van der Waals surface area contributed by atoms with Crippen LogP contribution in [0.5, 0.6) is 11.5 Å². The molecule has 1 heterocycles. The molecule has 0 saturated carbocycles. The summed E-state index contributed by atoms with van der Waals surface area (Å²) in [6, 6.07) is 11.6. The monoisotopic (exact) mass is 635 g/mol. The van der Waals surface area contributed by atoms with E-state index in [9.17, 15) is 9.59 Å². The third-order valence-corrected chi connectivity index (χ3v) is 6.39. The third kappa shape index (κ3) is 5.66. The summed E-state index contributed by atoms with van der Waals surface area (Å²) < 4.78 is 13.4. The second-order valence-corrected chi connectivity index (χ2v) is 9.64. The van der Waals surface area contributed by atoms with E-state index in [2.05, 4.69) is 45.2 Å². The van der Waals surface area contributed by atoms with Crippen molar-refractivity contribution in [1.29, 1.82) is 0 Å². The van der Waals surface area contributed by atoms with Gasteiger partial charge in [-0.15, -0.1) is 0 Å². The zero-order chi connectivity index (χ0) is 21.0. The Morgan fingerprint density at radius 2 is 1.93 bits per heavy atom. The molecule has 0 bridgehead atoms. The minimum absolute atomic E-state index is 0.206. The lowest BCUT2D eigenvalue weighted by atomic mass is 10.2. The largest absolute Gasteiger partial charge is 0.492 e. The van der Waals surface area contributed by atoms with Crippen molar-refractivity contribution < 1.29 is 19.1 Å². The molecule has 0 aromatic heterocycles. The Bertz CT molecular complexity index is 977. The molecule has 5 nitrogen and oxygen atoms in total. The predicted molar refractivity (Wildman–Crippen MR) is 132 cm³/mol. The van der Waals surface area contributed by atoms with Crippen LogP contribution in [0.2, 0.25) is 0 Å². The van der Waals surface area contributed by atoms with Crippen molar-refractivity contribution >= 4 is 74.2 Å². The number of ether oxygens (including phenoxy) is 2. The lowest BCUT2D eigenvalue weighted by Gasteiger charge is -2.13. The fraction of sp³-hybridized carbons (Fsp3) is 0.238. The number of halogens is 2. The van der Waals surface area contributed by atoms with Crippen LogP contribution in [0.4, 0.5) is 4.79 Å². The standard InChI is InChI=1S/C21H19I2NO4S/c1-3-27-19-14(10-15(22)12-17(19)23)11-18-20(25)24(21(26)29-18)7-8-28-16-6-4-5-13(2)9-16/h4-6,9-12H,3,7-8H2,1-2H3/b18-11-. The molecule has 0 aliphatic carbocycles. The summed E-state index contributed by atoms with van der Waals surface area (Å²) in [5.41, 5.74) is 1.89. The van der Waals surface area contributed by atoms with Crippen LogP contribution in [-0.2, 0) is 4.79 Å². The van der Waals surface area contributed by atoms with E-state index < -0.39 is 0 Å². The fourth-order valence-electron chi connectivity index (χ4n) is 2.78. The van der Waals surface area contributed by atoms with Gasteiger partial charge in [-0.2, -0.15) is 0 Å². The molecule has 0 atom stereocenters. The van der Waals surface area contributed by atoms with Gasteiger partial charge in [0.1, 0.15) is 18.1 Å². The quantitative estimate of drug-likeness (QED) is 0.288. The molecule has 1 saturated heterocycles. The number of amides is 2. The molecule has 2 amide bonds. The Morgan fingerprint density at radius 3 is 2.66 bits per heavy atom. The second kappa shape index (κ2) is 10.2. The number of aryl methyl sites for hydroxylation is 1. The van der Waals surface area contributed by atoms with Gasteiger partial charge in [0.2, 0.25) is 0 Å². The molecule has 29 heavy (non-hydrogen) atoms. The van der Waals surface area contributed by atoms with Crippen molar-refractivity contribution in [3.8, 4) is 11.5 Å². The van der Waals surface area contributed by atoms with Gasteiger partial charge in [-0.05, 0) is 107 Å². The third-order valence-electron chi connectivity index (χ3n) is 4.06. The number of hydrogen-bond donors (Lipinski definition) is 0. The van der Waals surface area contributed by atoms with Crippen LogP contribution < -0.4 is 9.47 Å². The minimum Gasteiger partial charge on any atom is -0.492 e. The number of carbonyl (C=O) groups excluding carboxylic acids is 2. The highest BCUT2D eigenvalue weighted by Gasteiger charge is 2.35. The number of imide groups is 1. The van der Waals surface area contributed by atoms with Crippen LogP contribution in [0, 0.1) is 14.1 Å². The molecule has 0 N–H and O–H groups in total. The molecule has 3 rings (SSSR count). The Hall–Kier alpha value is -1.27. The Labute approximate surface area is 201 Å². The maximum absolute atomic E-state index is 12.8. The Kier molecular flexibility index (Phi) is 7.85. The van der Waals surface area contributed by atoms with Gasteiger partial charge in [-0.25, -0.2) is 0 Å². The van der Waals surface area contributed by atoms with E-state index in [1.165, 1.54) is 4.90 Å². The average Bonchev–Trinajstić information content (AvgIpc) is 2.92. The van der Waals surface area contributed by atoms with Gasteiger partial charge < -0.3 is 9.47 Å². The summed E-state index contributed by atoms with van der Waals surface area (Å²) in [4.78, 5) is 26.8. The summed E-state index contributed by atoms with van der Waals surface area (Å²) in [6.07, 6.45) is 1.74. The first-order valence-electron chi connectivity index (χ1n) is 8.95. The van der Waals surface area contributed by atoms with Crippen molar-refractivity contribution in [2.45, 2.75) is 13.8 Å². The SMILES string of the molecule is CCOc1c(I)cc(I)cc1/C=C1\SC(=O)N(CCOc2cccc(C)c2)C1=O. The average molecular weight is 635 g/mol. The summed E-state index contributed by atoms with van der Waals surface area (Å²) in [5.74, 6) is 1.15. The highest BCUT2D eigenvalue weighted by atomic mass is 127. The van der Waals surface area contributed by atoms with Gasteiger partial charge in [-0.1, -0.05) is 12.1 Å². The molecule has 1 aliphatic heterocycles. The van der Waals surface area contributed by atoms with Crippen LogP contribution in [0.25, 0.3) is 6.08 Å². The van der Waals surface area contributed by atoms with Crippen molar-refractivity contribution in [2.24, 2.45) is 0 Å². The maximum Gasteiger partial charge on any atom is 0.293 e. The number of hydrogen-bond acceptors (Lipinski definition) is 5. The second-order valence-electron chi connectivity index (χ2n) is 6.24. The first kappa shape index (κ1) is 22.4. The number of carbonyl (C=O) groups is 2. The molecule has 152 valence electrons. The van der Waals surface area contributed by atoms with Gasteiger partial charge in [0.05, 0.1) is 21.6 Å². The van der Waals surface area contributed by atoms with Crippen LogP contribution in [0.3, 0.4) is 0 Å². The van der Waals surface area contributed by atoms with Gasteiger partial charge in [0, 0.05) is 9.13 Å². The zero-order valence-corrected chi connectivity index (χ0v) is 21.0. The first-order valence-corrected chi connectivity index (χ1v) is 11.9. The lowest BCUT2D eigenvalue weighted by molar-refractivity contribution is -0.123. The van der Waals surface area contributed by atoms with Crippen LogP contribution in [0.1, 0.15) is 18.1 Å². The van der Waals surface area contributed by atoms with E-state index in [1.54, 1.807) is 6.08 Å². The van der Waals surface area contributed by atoms with Gasteiger partial charge >= 0.3 is 0 Å². The number of thioether (sulfide) groups is 1. The molecule has 2 aromatic rings. The predicted octanol–water partition coefficient (Wildman–Crippen LogP) is 5.72. The van der Waals surface area contributed by atoms with Crippen LogP contribution in [-0.4, -0.2) is 35.8 Å². The van der Waals surface area contributed by atoms with Crippen LogP contribution in [0.15, 0.2) is 41.3 Å². The summed E-state index contributed by atoms with van der Waals surface area (Å²) in [6.45, 7) is 4.88. The Morgan fingerprint density at radius 1 is 1.14 bits per heavy atom. The molecule has 1 fully saturated rings. The van der Waals surface area contributed by atoms with Gasteiger partial charge in [0.15, 0.2) is 0 Å². The van der Waals surface area contributed by atoms with Crippen molar-refractivity contribution in [2.75, 3.05) is 19.8 Å². The first-order chi connectivity index (χ1) is 13.9. The molecule has 1 aliphatic rings. The van der Waals surface area contributed by atoms with Crippen molar-refractivity contribution in [1.82, 2.24) is 4.90 Å². The maximum atomic E-state index is 12.8. The number of rotatable bonds is 7. The summed E-state index contributed by atoms with van der Waals surface area (Å²) in [7, 11) is 0. The Balaban J connectivity index is 1.73. The molecular weight excluding hydrogens is 616 g/mol. The molecule has 0 radical (unpaired) electrons. The molecule has 8 heteroatoms. The van der Waals surface area contributed by atoms with E-state index in [-0.39, 0.29) is 24.3 Å². The lowest BCUT2D eigenvalue weighted by Crippen LogP contribution is -2.32. The summed E-state index contributed by atoms with van der Waals surface area (Å²) >= 11 is 5.39. The number of benzene rings is 2. The highest BCUT2D eigenvalue weighted by Crippen LogP contribution is 2.36. The number of nitrogens with zero attached hydrogens (tertiary/aromatic N) is 1. The van der Waals surface area contributed by atoms with E-state index >= 15 is 0 Å². The van der Waals surface area contributed by atoms with E-state index in [1.807, 2.05) is 50.2 Å².